The lowest BCUT2D eigenvalue weighted by Crippen LogP contribution is -2.36. The average Bonchev–Trinajstić information content (AvgIpc) is 3.48. The van der Waals surface area contributed by atoms with Crippen molar-refractivity contribution in [3.8, 4) is 17.3 Å². The van der Waals surface area contributed by atoms with Crippen LogP contribution in [0.15, 0.2) is 55.2 Å². The van der Waals surface area contributed by atoms with Crippen LogP contribution in [0.3, 0.4) is 0 Å². The van der Waals surface area contributed by atoms with Crippen LogP contribution in [-0.2, 0) is 4.74 Å². The van der Waals surface area contributed by atoms with Gasteiger partial charge in [-0.3, -0.25) is 9.78 Å². The van der Waals surface area contributed by atoms with E-state index in [1.54, 1.807) is 36.6 Å². The van der Waals surface area contributed by atoms with Crippen LogP contribution in [0.25, 0.3) is 22.2 Å². The predicted molar refractivity (Wildman–Crippen MR) is 167 cm³/mol. The molecule has 12 nitrogen and oxygen atoms in total. The molecule has 5 rings (SSSR count). The van der Waals surface area contributed by atoms with Gasteiger partial charge in [0, 0.05) is 62.2 Å². The second-order valence-corrected chi connectivity index (χ2v) is 11.8. The molecule has 0 saturated carbocycles. The summed E-state index contributed by atoms with van der Waals surface area (Å²) in [6.45, 7) is 9.35. The fourth-order valence-electron chi connectivity index (χ4n) is 5.09. The monoisotopic (exact) mass is 598 g/mol. The molecular weight excluding hydrogens is 560 g/mol. The van der Waals surface area contributed by atoms with E-state index in [2.05, 4.69) is 48.5 Å². The summed E-state index contributed by atoms with van der Waals surface area (Å²) in [7, 11) is 1.63. The van der Waals surface area contributed by atoms with E-state index in [0.717, 1.165) is 28.5 Å². The number of rotatable bonds is 9. The minimum absolute atomic E-state index is 0.128. The van der Waals surface area contributed by atoms with Gasteiger partial charge in [-0.2, -0.15) is 0 Å². The normalized spacial score (nSPS) is 15.6. The second-order valence-electron chi connectivity index (χ2n) is 11.8. The molecule has 4 aromatic rings. The maximum atomic E-state index is 12.3. The van der Waals surface area contributed by atoms with Crippen LogP contribution < -0.4 is 15.4 Å². The Balaban J connectivity index is 1.16. The number of fused-ring (bicyclic) bond motifs is 1. The van der Waals surface area contributed by atoms with Crippen molar-refractivity contribution < 1.29 is 19.1 Å². The third kappa shape index (κ3) is 7.36. The molecule has 0 radical (unpaired) electrons. The summed E-state index contributed by atoms with van der Waals surface area (Å²) < 4.78 is 11.4. The summed E-state index contributed by atoms with van der Waals surface area (Å²) in [5.41, 5.74) is 3.41. The summed E-state index contributed by atoms with van der Waals surface area (Å²) in [4.78, 5) is 48.4. The third-order valence-electron chi connectivity index (χ3n) is 7.35. The van der Waals surface area contributed by atoms with Crippen molar-refractivity contribution in [2.45, 2.75) is 58.2 Å². The molecule has 0 spiro atoms. The van der Waals surface area contributed by atoms with Gasteiger partial charge >= 0.3 is 12.1 Å². The Kier molecular flexibility index (Phi) is 9.17. The number of anilines is 1. The topological polar surface area (TPSA) is 144 Å². The Hall–Kier alpha value is -4.87. The smallest absolute Gasteiger partial charge is 0.410 e. The number of aromatic nitrogens is 5. The number of nitrogens with one attached hydrogen (secondary N) is 2. The van der Waals surface area contributed by atoms with Gasteiger partial charge in [0.2, 0.25) is 0 Å². The minimum atomic E-state index is -0.542. The average molecular weight is 599 g/mol. The highest BCUT2D eigenvalue weighted by Crippen LogP contribution is 2.28. The molecule has 230 valence electrons. The first kappa shape index (κ1) is 30.6. The molecule has 0 bridgehead atoms. The number of ether oxygens (including phenoxy) is 2. The van der Waals surface area contributed by atoms with Gasteiger partial charge in [-0.15, -0.1) is 0 Å². The molecular formula is C32H38N8O4. The van der Waals surface area contributed by atoms with Crippen molar-refractivity contribution in [2.75, 3.05) is 32.0 Å². The largest absolute Gasteiger partial charge is 0.458 e. The van der Waals surface area contributed by atoms with E-state index < -0.39 is 5.60 Å². The Bertz CT molecular complexity index is 1620. The van der Waals surface area contributed by atoms with Crippen molar-refractivity contribution in [3.05, 3.63) is 66.4 Å². The SMILES string of the molecule is CNC(=O)c1ccnc2c(C(C)CCNc3cc(-c4cnc(OC5CCN(C(=O)OC(C)(C)C)C5)nc4)ncn3)cccc12. The standard InChI is InChI=1S/C32H38N8O4/c1-20(23-7-6-8-24-25(29(41)33-5)10-13-35-28(23)24)9-12-34-27-15-26(38-19-39-27)21-16-36-30(37-17-21)43-22-11-14-40(18-22)31(42)44-32(2,3)4/h6-8,10,13,15-17,19-20,22H,9,11-12,14,18H2,1-5H3,(H,33,41)(H,34,38,39). The highest BCUT2D eigenvalue weighted by atomic mass is 16.6. The number of carbonyl (C=O) groups is 2. The number of hydrogen-bond acceptors (Lipinski definition) is 10. The van der Waals surface area contributed by atoms with E-state index in [4.69, 9.17) is 9.47 Å². The summed E-state index contributed by atoms with van der Waals surface area (Å²) in [5.74, 6) is 0.752. The summed E-state index contributed by atoms with van der Waals surface area (Å²) >= 11 is 0. The maximum Gasteiger partial charge on any atom is 0.410 e. The van der Waals surface area contributed by atoms with Gasteiger partial charge in [0.05, 0.1) is 23.3 Å². The molecule has 12 heteroatoms. The lowest BCUT2D eigenvalue weighted by atomic mass is 9.94. The van der Waals surface area contributed by atoms with E-state index in [-0.39, 0.29) is 30.0 Å². The molecule has 44 heavy (non-hydrogen) atoms. The first-order valence-electron chi connectivity index (χ1n) is 14.7. The number of para-hydroxylation sites is 1. The molecule has 2 unspecified atom stereocenters. The van der Waals surface area contributed by atoms with Gasteiger partial charge in [0.25, 0.3) is 5.91 Å². The Morgan fingerprint density at radius 1 is 1.09 bits per heavy atom. The molecule has 1 aliphatic rings. The predicted octanol–water partition coefficient (Wildman–Crippen LogP) is 4.84. The fraction of sp³-hybridized carbons (Fsp3) is 0.406. The quantitative estimate of drug-likeness (QED) is 0.275. The number of hydrogen-bond donors (Lipinski definition) is 2. The lowest BCUT2D eigenvalue weighted by Gasteiger charge is -2.24. The van der Waals surface area contributed by atoms with Gasteiger partial charge < -0.3 is 25.0 Å². The Morgan fingerprint density at radius 2 is 1.89 bits per heavy atom. The van der Waals surface area contributed by atoms with E-state index >= 15 is 0 Å². The number of likely N-dealkylation sites (tertiary alicyclic amines) is 1. The summed E-state index contributed by atoms with van der Waals surface area (Å²) in [6, 6.07) is 9.81. The van der Waals surface area contributed by atoms with Gasteiger partial charge in [0.15, 0.2) is 0 Å². The minimum Gasteiger partial charge on any atom is -0.458 e. The maximum absolute atomic E-state index is 12.3. The number of amides is 2. The zero-order valence-corrected chi connectivity index (χ0v) is 25.7. The van der Waals surface area contributed by atoms with Crippen LogP contribution >= 0.6 is 0 Å². The van der Waals surface area contributed by atoms with Gasteiger partial charge in [-0.25, -0.2) is 24.7 Å². The molecule has 0 aliphatic carbocycles. The fourth-order valence-corrected chi connectivity index (χ4v) is 5.09. The molecule has 4 heterocycles. The highest BCUT2D eigenvalue weighted by Gasteiger charge is 2.31. The molecule has 1 aromatic carbocycles. The van der Waals surface area contributed by atoms with Crippen LogP contribution in [0.2, 0.25) is 0 Å². The van der Waals surface area contributed by atoms with Crippen LogP contribution in [0.1, 0.15) is 62.4 Å². The van der Waals surface area contributed by atoms with Crippen LogP contribution in [0.4, 0.5) is 10.6 Å². The number of carbonyl (C=O) groups excluding carboxylic acids is 2. The zero-order chi connectivity index (χ0) is 31.3. The molecule has 2 atom stereocenters. The van der Waals surface area contributed by atoms with Crippen molar-refractivity contribution in [2.24, 2.45) is 0 Å². The molecule has 2 amide bonds. The summed E-state index contributed by atoms with van der Waals surface area (Å²) in [5, 5.41) is 6.93. The van der Waals surface area contributed by atoms with E-state index in [0.29, 0.717) is 43.1 Å². The highest BCUT2D eigenvalue weighted by molar-refractivity contribution is 6.06. The van der Waals surface area contributed by atoms with Crippen molar-refractivity contribution >= 4 is 28.7 Å². The number of nitrogens with zero attached hydrogens (tertiary/aromatic N) is 6. The van der Waals surface area contributed by atoms with Crippen LogP contribution in [0, 0.1) is 0 Å². The van der Waals surface area contributed by atoms with Crippen molar-refractivity contribution in [1.29, 1.82) is 0 Å². The first-order chi connectivity index (χ1) is 21.1. The number of pyridine rings is 1. The van der Waals surface area contributed by atoms with Gasteiger partial charge in [-0.1, -0.05) is 25.1 Å². The second kappa shape index (κ2) is 13.2. The molecule has 2 N–H and O–H groups in total. The lowest BCUT2D eigenvalue weighted by molar-refractivity contribution is 0.0274. The van der Waals surface area contributed by atoms with E-state index in [1.807, 2.05) is 39.0 Å². The summed E-state index contributed by atoms with van der Waals surface area (Å²) in [6.07, 6.45) is 7.47. The molecule has 1 saturated heterocycles. The van der Waals surface area contributed by atoms with Gasteiger partial charge in [-0.05, 0) is 44.7 Å². The first-order valence-corrected chi connectivity index (χ1v) is 14.7. The molecule has 1 fully saturated rings. The zero-order valence-electron chi connectivity index (χ0n) is 25.7. The number of benzene rings is 1. The van der Waals surface area contributed by atoms with Crippen LogP contribution in [-0.4, -0.2) is 80.2 Å². The van der Waals surface area contributed by atoms with E-state index in [1.165, 1.54) is 6.33 Å². The van der Waals surface area contributed by atoms with Gasteiger partial charge in [0.1, 0.15) is 23.9 Å². The van der Waals surface area contributed by atoms with Crippen molar-refractivity contribution in [3.63, 3.8) is 0 Å². The molecule has 3 aromatic heterocycles. The Morgan fingerprint density at radius 3 is 2.64 bits per heavy atom. The van der Waals surface area contributed by atoms with E-state index in [9.17, 15) is 9.59 Å². The molecule has 1 aliphatic heterocycles. The third-order valence-corrected chi connectivity index (χ3v) is 7.35. The van der Waals surface area contributed by atoms with Crippen LogP contribution in [0.5, 0.6) is 6.01 Å². The van der Waals surface area contributed by atoms with Crippen molar-refractivity contribution in [1.82, 2.24) is 35.1 Å². The Labute approximate surface area is 256 Å².